The van der Waals surface area contributed by atoms with Gasteiger partial charge in [-0.05, 0) is 29.7 Å². The zero-order valence-corrected chi connectivity index (χ0v) is 15.2. The van der Waals surface area contributed by atoms with Gasteiger partial charge in [0.05, 0.1) is 18.7 Å². The molecule has 0 spiro atoms. The number of amides is 2. The highest BCUT2D eigenvalue weighted by Gasteiger charge is 2.19. The van der Waals surface area contributed by atoms with Crippen molar-refractivity contribution in [3.63, 3.8) is 0 Å². The maximum absolute atomic E-state index is 12.3. The average molecular weight is 356 g/mol. The Morgan fingerprint density at radius 1 is 1.12 bits per heavy atom. The van der Waals surface area contributed by atoms with E-state index in [1.807, 2.05) is 44.2 Å². The number of ether oxygens (including phenoxy) is 2. The van der Waals surface area contributed by atoms with E-state index in [1.54, 1.807) is 12.1 Å². The van der Waals surface area contributed by atoms with E-state index in [2.05, 4.69) is 5.32 Å². The first-order valence-electron chi connectivity index (χ1n) is 8.37. The van der Waals surface area contributed by atoms with Crippen molar-refractivity contribution in [3.05, 3.63) is 59.7 Å². The minimum Gasteiger partial charge on any atom is -0.497 e. The number of carbonyl (C=O) groups excluding carboxylic acids is 2. The van der Waals surface area contributed by atoms with Crippen LogP contribution in [0.4, 0.5) is 0 Å². The van der Waals surface area contributed by atoms with E-state index in [0.29, 0.717) is 5.75 Å². The van der Waals surface area contributed by atoms with Gasteiger partial charge in [-0.3, -0.25) is 9.59 Å². The molecule has 0 saturated heterocycles. The van der Waals surface area contributed by atoms with E-state index in [0.717, 1.165) is 5.56 Å². The summed E-state index contributed by atoms with van der Waals surface area (Å²) in [4.78, 5) is 23.9. The molecule has 1 atom stereocenters. The molecule has 2 amide bonds. The molecule has 0 radical (unpaired) electrons. The third-order valence-corrected chi connectivity index (χ3v) is 3.95. The van der Waals surface area contributed by atoms with Gasteiger partial charge in [-0.2, -0.15) is 0 Å². The monoisotopic (exact) mass is 356 g/mol. The fourth-order valence-corrected chi connectivity index (χ4v) is 2.61. The lowest BCUT2D eigenvalue weighted by Gasteiger charge is -2.23. The van der Waals surface area contributed by atoms with Crippen LogP contribution >= 0.6 is 0 Å². The predicted molar refractivity (Wildman–Crippen MR) is 99.2 cm³/mol. The molecule has 0 aliphatic rings. The molecule has 6 heteroatoms. The quantitative estimate of drug-likeness (QED) is 0.761. The molecule has 0 aliphatic heterocycles. The first kappa shape index (κ1) is 19.3. The lowest BCUT2D eigenvalue weighted by atomic mass is 9.96. The Balaban J connectivity index is 2.05. The van der Waals surface area contributed by atoms with E-state index < -0.39 is 5.91 Å². The van der Waals surface area contributed by atoms with Crippen molar-refractivity contribution >= 4 is 11.8 Å². The third kappa shape index (κ3) is 4.99. The van der Waals surface area contributed by atoms with E-state index >= 15 is 0 Å². The summed E-state index contributed by atoms with van der Waals surface area (Å²) in [6.45, 7) is 3.85. The summed E-state index contributed by atoms with van der Waals surface area (Å²) < 4.78 is 10.6. The predicted octanol–water partition coefficient (Wildman–Crippen LogP) is 2.69. The molecule has 0 aliphatic carbocycles. The number of rotatable bonds is 8. The molecule has 3 N–H and O–H groups in total. The highest BCUT2D eigenvalue weighted by Crippen LogP contribution is 2.24. The normalized spacial score (nSPS) is 11.7. The van der Waals surface area contributed by atoms with E-state index in [1.165, 1.54) is 13.2 Å². The van der Waals surface area contributed by atoms with Crippen molar-refractivity contribution in [3.8, 4) is 11.5 Å². The maximum atomic E-state index is 12.3. The molecule has 0 bridgehead atoms. The zero-order chi connectivity index (χ0) is 19.1. The van der Waals surface area contributed by atoms with Crippen molar-refractivity contribution in [1.29, 1.82) is 0 Å². The van der Waals surface area contributed by atoms with Crippen molar-refractivity contribution in [1.82, 2.24) is 5.32 Å². The van der Waals surface area contributed by atoms with Crippen LogP contribution in [0.1, 0.15) is 35.8 Å². The maximum Gasteiger partial charge on any atom is 0.258 e. The number of benzene rings is 2. The van der Waals surface area contributed by atoms with Crippen LogP contribution in [0, 0.1) is 5.92 Å². The van der Waals surface area contributed by atoms with Gasteiger partial charge in [-0.25, -0.2) is 0 Å². The molecule has 26 heavy (non-hydrogen) atoms. The molecule has 2 aromatic rings. The summed E-state index contributed by atoms with van der Waals surface area (Å²) in [7, 11) is 1.49. The minimum atomic E-state index is -0.649. The molecule has 0 aromatic heterocycles. The van der Waals surface area contributed by atoms with E-state index in [4.69, 9.17) is 15.2 Å². The van der Waals surface area contributed by atoms with Crippen molar-refractivity contribution in [2.45, 2.75) is 19.9 Å². The third-order valence-electron chi connectivity index (χ3n) is 3.95. The summed E-state index contributed by atoms with van der Waals surface area (Å²) in [5.41, 5.74) is 6.56. The smallest absolute Gasteiger partial charge is 0.258 e. The van der Waals surface area contributed by atoms with Crippen LogP contribution in [0.25, 0.3) is 0 Å². The molecule has 2 rings (SSSR count). The van der Waals surface area contributed by atoms with Crippen LogP contribution in [0.15, 0.2) is 48.5 Å². The summed E-state index contributed by atoms with van der Waals surface area (Å²) in [6, 6.07) is 14.3. The number of hydrogen-bond donors (Lipinski definition) is 2. The van der Waals surface area contributed by atoms with Gasteiger partial charge >= 0.3 is 0 Å². The van der Waals surface area contributed by atoms with Gasteiger partial charge in [0.2, 0.25) is 0 Å². The number of hydrogen-bond acceptors (Lipinski definition) is 4. The number of methoxy groups -OCH3 is 1. The van der Waals surface area contributed by atoms with Gasteiger partial charge in [0.25, 0.3) is 11.8 Å². The molecule has 1 unspecified atom stereocenters. The molecular formula is C20H24N2O4. The Labute approximate surface area is 153 Å². The topological polar surface area (TPSA) is 90.7 Å². The Hall–Kier alpha value is -3.02. The number of nitrogens with one attached hydrogen (secondary N) is 1. The van der Waals surface area contributed by atoms with Crippen LogP contribution in [0.5, 0.6) is 11.5 Å². The second kappa shape index (κ2) is 8.89. The Morgan fingerprint density at radius 3 is 2.38 bits per heavy atom. The van der Waals surface area contributed by atoms with Gasteiger partial charge in [0, 0.05) is 0 Å². The molecule has 6 nitrogen and oxygen atoms in total. The van der Waals surface area contributed by atoms with Crippen LogP contribution < -0.4 is 20.5 Å². The van der Waals surface area contributed by atoms with Gasteiger partial charge in [-0.1, -0.05) is 44.2 Å². The van der Waals surface area contributed by atoms with Crippen LogP contribution in [-0.2, 0) is 4.79 Å². The first-order valence-corrected chi connectivity index (χ1v) is 8.37. The van der Waals surface area contributed by atoms with Gasteiger partial charge in [-0.15, -0.1) is 0 Å². The van der Waals surface area contributed by atoms with Crippen molar-refractivity contribution in [2.24, 2.45) is 11.7 Å². The molecule has 2 aromatic carbocycles. The Kier molecular flexibility index (Phi) is 6.60. The highest BCUT2D eigenvalue weighted by molar-refractivity contribution is 5.96. The Bertz CT molecular complexity index is 760. The largest absolute Gasteiger partial charge is 0.497 e. The second-order valence-electron chi connectivity index (χ2n) is 6.21. The summed E-state index contributed by atoms with van der Waals surface area (Å²) in [6.07, 6.45) is 0. The van der Waals surface area contributed by atoms with E-state index in [9.17, 15) is 9.59 Å². The van der Waals surface area contributed by atoms with Crippen LogP contribution in [0.2, 0.25) is 0 Å². The molecule has 0 heterocycles. The SMILES string of the molecule is COc1ccc(OCC(=O)NC(c2ccccc2)C(C)C)c(C(N)=O)c1. The minimum absolute atomic E-state index is 0.126. The highest BCUT2D eigenvalue weighted by atomic mass is 16.5. The zero-order valence-electron chi connectivity index (χ0n) is 15.2. The van der Waals surface area contributed by atoms with Crippen LogP contribution in [-0.4, -0.2) is 25.5 Å². The number of carbonyl (C=O) groups is 2. The average Bonchev–Trinajstić information content (AvgIpc) is 2.64. The molecule has 138 valence electrons. The molecule has 0 fully saturated rings. The lowest BCUT2D eigenvalue weighted by Crippen LogP contribution is -2.35. The van der Waals surface area contributed by atoms with E-state index in [-0.39, 0.29) is 35.8 Å². The molecular weight excluding hydrogens is 332 g/mol. The number of primary amides is 1. The molecule has 0 saturated carbocycles. The second-order valence-corrected chi connectivity index (χ2v) is 6.21. The van der Waals surface area contributed by atoms with Crippen LogP contribution in [0.3, 0.4) is 0 Å². The lowest BCUT2D eigenvalue weighted by molar-refractivity contribution is -0.124. The first-order chi connectivity index (χ1) is 12.4. The Morgan fingerprint density at radius 2 is 1.81 bits per heavy atom. The van der Waals surface area contributed by atoms with Gasteiger partial charge < -0.3 is 20.5 Å². The summed E-state index contributed by atoms with van der Waals surface area (Å²) in [5.74, 6) is 0.0137. The summed E-state index contributed by atoms with van der Waals surface area (Å²) in [5, 5.41) is 2.97. The van der Waals surface area contributed by atoms with Crippen molar-refractivity contribution < 1.29 is 19.1 Å². The van der Waals surface area contributed by atoms with Crippen molar-refractivity contribution in [2.75, 3.05) is 13.7 Å². The summed E-state index contributed by atoms with van der Waals surface area (Å²) >= 11 is 0. The fourth-order valence-electron chi connectivity index (χ4n) is 2.61. The number of nitrogens with two attached hydrogens (primary N) is 1. The van der Waals surface area contributed by atoms with Gasteiger partial charge in [0.15, 0.2) is 6.61 Å². The van der Waals surface area contributed by atoms with Gasteiger partial charge in [0.1, 0.15) is 11.5 Å². The fraction of sp³-hybridized carbons (Fsp3) is 0.300. The standard InChI is InChI=1S/C20H24N2O4/c1-13(2)19(14-7-5-4-6-8-14)22-18(23)12-26-17-10-9-15(25-3)11-16(17)20(21)24/h4-11,13,19H,12H2,1-3H3,(H2,21,24)(H,22,23).